The molecule has 0 aliphatic carbocycles. The van der Waals surface area contributed by atoms with E-state index in [1.165, 1.54) is 0 Å². The maximum Gasteiger partial charge on any atom is 0.220 e. The van der Waals surface area contributed by atoms with E-state index < -0.39 is 0 Å². The van der Waals surface area contributed by atoms with E-state index in [2.05, 4.69) is 5.32 Å². The van der Waals surface area contributed by atoms with Crippen LogP contribution in [0.3, 0.4) is 0 Å². The van der Waals surface area contributed by atoms with Gasteiger partial charge in [-0.25, -0.2) is 0 Å². The molecule has 2 aromatic rings. The number of carbonyl (C=O) groups is 1. The number of hydrogen-bond donors (Lipinski definition) is 1. The van der Waals surface area contributed by atoms with Gasteiger partial charge in [-0.1, -0.05) is 0 Å². The van der Waals surface area contributed by atoms with Crippen molar-refractivity contribution in [3.8, 4) is 11.5 Å². The fourth-order valence-electron chi connectivity index (χ4n) is 2.78. The first-order valence-electron chi connectivity index (χ1n) is 7.81. The lowest BCUT2D eigenvalue weighted by molar-refractivity contribution is -0.121. The molecule has 23 heavy (non-hydrogen) atoms. The van der Waals surface area contributed by atoms with E-state index in [1.807, 2.05) is 31.2 Å². The molecule has 0 fully saturated rings. The summed E-state index contributed by atoms with van der Waals surface area (Å²) in [6, 6.07) is 7.66. The number of rotatable bonds is 6. The lowest BCUT2D eigenvalue weighted by atomic mass is 10.1. The minimum Gasteiger partial charge on any atom is -0.496 e. The zero-order valence-electron chi connectivity index (χ0n) is 13.4. The third-order valence-electron chi connectivity index (χ3n) is 3.95. The summed E-state index contributed by atoms with van der Waals surface area (Å²) >= 11 is 0. The van der Waals surface area contributed by atoms with Crippen LogP contribution in [0.1, 0.15) is 30.2 Å². The average molecular weight is 315 g/mol. The first-order chi connectivity index (χ1) is 11.2. The van der Waals surface area contributed by atoms with Crippen LogP contribution >= 0.6 is 0 Å². The molecule has 5 heteroatoms. The standard InChI is InChI=1S/C18H21NO4/c1-12-8-13-9-16(21-2)14(10-17(13)23-12)11-19-18(20)6-5-15-4-3-7-22-15/h3-4,7,9-10,12H,5-6,8,11H2,1-2H3,(H,19,20). The molecule has 0 bridgehead atoms. The number of fused-ring (bicyclic) bond motifs is 1. The number of aryl methyl sites for hydroxylation is 1. The second-order valence-electron chi connectivity index (χ2n) is 5.76. The summed E-state index contributed by atoms with van der Waals surface area (Å²) in [5, 5.41) is 2.92. The Hall–Kier alpha value is -2.43. The van der Waals surface area contributed by atoms with Crippen LogP contribution in [0.15, 0.2) is 34.9 Å². The molecular weight excluding hydrogens is 294 g/mol. The van der Waals surface area contributed by atoms with Crippen molar-refractivity contribution in [2.45, 2.75) is 38.8 Å². The summed E-state index contributed by atoms with van der Waals surface area (Å²) in [6.45, 7) is 2.47. The number of nitrogens with one attached hydrogen (secondary N) is 1. The third-order valence-corrected chi connectivity index (χ3v) is 3.95. The smallest absolute Gasteiger partial charge is 0.220 e. The van der Waals surface area contributed by atoms with Crippen molar-refractivity contribution < 1.29 is 18.7 Å². The van der Waals surface area contributed by atoms with Gasteiger partial charge >= 0.3 is 0 Å². The Bertz CT molecular complexity index is 679. The highest BCUT2D eigenvalue weighted by molar-refractivity contribution is 5.76. The van der Waals surface area contributed by atoms with E-state index in [0.29, 0.717) is 19.4 Å². The van der Waals surface area contributed by atoms with Crippen molar-refractivity contribution in [3.05, 3.63) is 47.4 Å². The highest BCUT2D eigenvalue weighted by atomic mass is 16.5. The molecule has 1 N–H and O–H groups in total. The van der Waals surface area contributed by atoms with Crippen LogP contribution in [0, 0.1) is 0 Å². The Balaban J connectivity index is 1.59. The summed E-state index contributed by atoms with van der Waals surface area (Å²) in [6.07, 6.45) is 3.69. The van der Waals surface area contributed by atoms with Crippen molar-refractivity contribution in [3.63, 3.8) is 0 Å². The monoisotopic (exact) mass is 315 g/mol. The fraction of sp³-hybridized carbons (Fsp3) is 0.389. The van der Waals surface area contributed by atoms with Crippen molar-refractivity contribution in [1.29, 1.82) is 0 Å². The van der Waals surface area contributed by atoms with Crippen LogP contribution in [-0.2, 0) is 24.2 Å². The summed E-state index contributed by atoms with van der Waals surface area (Å²) in [5.74, 6) is 2.47. The van der Waals surface area contributed by atoms with Crippen LogP contribution in [0.5, 0.6) is 11.5 Å². The Kier molecular flexibility index (Phi) is 4.55. The molecule has 122 valence electrons. The molecule has 0 saturated carbocycles. The zero-order chi connectivity index (χ0) is 16.2. The van der Waals surface area contributed by atoms with Gasteiger partial charge in [-0.05, 0) is 31.2 Å². The van der Waals surface area contributed by atoms with Gasteiger partial charge in [0.1, 0.15) is 23.4 Å². The van der Waals surface area contributed by atoms with E-state index in [0.717, 1.165) is 34.8 Å². The molecule has 0 spiro atoms. The van der Waals surface area contributed by atoms with Gasteiger partial charge in [-0.3, -0.25) is 4.79 Å². The molecule has 1 aromatic carbocycles. The normalized spacial score (nSPS) is 15.8. The SMILES string of the molecule is COc1cc2c(cc1CNC(=O)CCc1ccco1)OC(C)C2. The van der Waals surface area contributed by atoms with E-state index in [9.17, 15) is 4.79 Å². The van der Waals surface area contributed by atoms with Gasteiger partial charge in [-0.2, -0.15) is 0 Å². The first kappa shape index (κ1) is 15.5. The Morgan fingerprint density at radius 2 is 2.30 bits per heavy atom. The van der Waals surface area contributed by atoms with E-state index in [-0.39, 0.29) is 12.0 Å². The van der Waals surface area contributed by atoms with Gasteiger partial charge in [0.15, 0.2) is 0 Å². The highest BCUT2D eigenvalue weighted by Gasteiger charge is 2.21. The molecule has 0 radical (unpaired) electrons. The molecule has 1 aliphatic heterocycles. The Morgan fingerprint density at radius 1 is 1.43 bits per heavy atom. The van der Waals surface area contributed by atoms with Gasteiger partial charge in [0.25, 0.3) is 0 Å². The lowest BCUT2D eigenvalue weighted by Crippen LogP contribution is -2.23. The summed E-state index contributed by atoms with van der Waals surface area (Å²) in [5.41, 5.74) is 2.08. The molecular formula is C18H21NO4. The lowest BCUT2D eigenvalue weighted by Gasteiger charge is -2.12. The molecule has 2 heterocycles. The molecule has 5 nitrogen and oxygen atoms in total. The number of ether oxygens (including phenoxy) is 2. The number of furan rings is 1. The quantitative estimate of drug-likeness (QED) is 0.890. The Labute approximate surface area is 135 Å². The van der Waals surface area contributed by atoms with E-state index in [1.54, 1.807) is 13.4 Å². The van der Waals surface area contributed by atoms with Crippen LogP contribution in [0.4, 0.5) is 0 Å². The van der Waals surface area contributed by atoms with Gasteiger partial charge in [0.05, 0.1) is 13.4 Å². The van der Waals surface area contributed by atoms with Crippen LogP contribution in [0.2, 0.25) is 0 Å². The van der Waals surface area contributed by atoms with Gasteiger partial charge in [0.2, 0.25) is 5.91 Å². The summed E-state index contributed by atoms with van der Waals surface area (Å²) in [7, 11) is 1.64. The van der Waals surface area contributed by atoms with E-state index in [4.69, 9.17) is 13.9 Å². The number of methoxy groups -OCH3 is 1. The maximum absolute atomic E-state index is 12.0. The molecule has 0 saturated heterocycles. The topological polar surface area (TPSA) is 60.7 Å². The average Bonchev–Trinajstić information content (AvgIpc) is 3.17. The third kappa shape index (κ3) is 3.67. The second-order valence-corrected chi connectivity index (χ2v) is 5.76. The fourth-order valence-corrected chi connectivity index (χ4v) is 2.78. The summed E-state index contributed by atoms with van der Waals surface area (Å²) < 4.78 is 16.4. The van der Waals surface area contributed by atoms with Crippen molar-refractivity contribution >= 4 is 5.91 Å². The van der Waals surface area contributed by atoms with E-state index >= 15 is 0 Å². The van der Waals surface area contributed by atoms with Crippen LogP contribution in [0.25, 0.3) is 0 Å². The molecule has 1 unspecified atom stereocenters. The predicted molar refractivity (Wildman–Crippen MR) is 85.7 cm³/mol. The highest BCUT2D eigenvalue weighted by Crippen LogP contribution is 2.34. The van der Waals surface area contributed by atoms with Crippen molar-refractivity contribution in [2.75, 3.05) is 7.11 Å². The van der Waals surface area contributed by atoms with Crippen LogP contribution < -0.4 is 14.8 Å². The maximum atomic E-state index is 12.0. The van der Waals surface area contributed by atoms with Gasteiger partial charge in [0, 0.05) is 36.9 Å². The minimum absolute atomic E-state index is 0.0155. The number of hydrogen-bond acceptors (Lipinski definition) is 4. The first-order valence-corrected chi connectivity index (χ1v) is 7.81. The van der Waals surface area contributed by atoms with Crippen molar-refractivity contribution in [1.82, 2.24) is 5.32 Å². The molecule has 1 atom stereocenters. The number of carbonyl (C=O) groups excluding carboxylic acids is 1. The largest absolute Gasteiger partial charge is 0.496 e. The molecule has 1 amide bonds. The van der Waals surface area contributed by atoms with Gasteiger partial charge < -0.3 is 19.2 Å². The Morgan fingerprint density at radius 3 is 3.04 bits per heavy atom. The molecule has 3 rings (SSSR count). The van der Waals surface area contributed by atoms with Gasteiger partial charge in [-0.15, -0.1) is 0 Å². The summed E-state index contributed by atoms with van der Waals surface area (Å²) in [4.78, 5) is 12.0. The van der Waals surface area contributed by atoms with Crippen molar-refractivity contribution in [2.24, 2.45) is 0 Å². The number of amides is 1. The molecule has 1 aliphatic rings. The minimum atomic E-state index is -0.0155. The predicted octanol–water partition coefficient (Wildman–Crippen LogP) is 2.86. The molecule has 1 aromatic heterocycles. The van der Waals surface area contributed by atoms with Crippen LogP contribution in [-0.4, -0.2) is 19.1 Å². The second kappa shape index (κ2) is 6.77. The number of benzene rings is 1. The zero-order valence-corrected chi connectivity index (χ0v) is 13.4.